The summed E-state index contributed by atoms with van der Waals surface area (Å²) in [5, 5.41) is 17.2. The third-order valence-corrected chi connectivity index (χ3v) is 3.89. The SMILES string of the molecule is O=C(NO)[C@H](CO)NS(=O)(=O)c1ccc(C(F)(F)F)cc1. The summed E-state index contributed by atoms with van der Waals surface area (Å²) in [6.45, 7) is -0.952. The standard InChI is InChI=1S/C10H11F3N2O5S/c11-10(12,13)6-1-3-7(4-2-6)21(19,20)15-8(5-16)9(17)14-18/h1-4,8,15-16,18H,5H2,(H,14,17)/t8-/m0/s1. The first-order valence-corrected chi connectivity index (χ1v) is 6.84. The highest BCUT2D eigenvalue weighted by molar-refractivity contribution is 7.89. The van der Waals surface area contributed by atoms with E-state index in [1.807, 2.05) is 0 Å². The van der Waals surface area contributed by atoms with Crippen molar-refractivity contribution in [3.05, 3.63) is 29.8 Å². The van der Waals surface area contributed by atoms with Crippen LogP contribution < -0.4 is 10.2 Å². The molecule has 0 aliphatic carbocycles. The Hall–Kier alpha value is -1.69. The van der Waals surface area contributed by atoms with Crippen LogP contribution in [0.5, 0.6) is 0 Å². The quantitative estimate of drug-likeness (QED) is 0.443. The summed E-state index contributed by atoms with van der Waals surface area (Å²) >= 11 is 0. The highest BCUT2D eigenvalue weighted by Crippen LogP contribution is 2.29. The molecule has 0 saturated carbocycles. The second kappa shape index (κ2) is 6.39. The molecule has 0 unspecified atom stereocenters. The van der Waals surface area contributed by atoms with E-state index in [-0.39, 0.29) is 0 Å². The van der Waals surface area contributed by atoms with Gasteiger partial charge in [-0.25, -0.2) is 13.9 Å². The van der Waals surface area contributed by atoms with E-state index in [1.54, 1.807) is 4.72 Å². The number of carbonyl (C=O) groups excluding carboxylic acids is 1. The van der Waals surface area contributed by atoms with E-state index in [4.69, 9.17) is 10.3 Å². The van der Waals surface area contributed by atoms with Crippen LogP contribution in [-0.4, -0.2) is 37.3 Å². The van der Waals surface area contributed by atoms with Crippen LogP contribution in [0, 0.1) is 0 Å². The van der Waals surface area contributed by atoms with E-state index >= 15 is 0 Å². The molecule has 1 aromatic carbocycles. The summed E-state index contributed by atoms with van der Waals surface area (Å²) in [6.07, 6.45) is -4.61. The van der Waals surface area contributed by atoms with Gasteiger partial charge in [-0.3, -0.25) is 10.0 Å². The van der Waals surface area contributed by atoms with E-state index in [0.717, 1.165) is 5.48 Å². The summed E-state index contributed by atoms with van der Waals surface area (Å²) in [6, 6.07) is 0.859. The third kappa shape index (κ3) is 4.39. The Bertz CT molecular complexity index is 600. The minimum atomic E-state index is -4.61. The van der Waals surface area contributed by atoms with Crippen LogP contribution in [0.4, 0.5) is 13.2 Å². The monoisotopic (exact) mass is 328 g/mol. The number of sulfonamides is 1. The fourth-order valence-electron chi connectivity index (χ4n) is 1.33. The van der Waals surface area contributed by atoms with Crippen LogP contribution in [0.1, 0.15) is 5.56 Å². The lowest BCUT2D eigenvalue weighted by atomic mass is 10.2. The van der Waals surface area contributed by atoms with Gasteiger partial charge in [-0.1, -0.05) is 0 Å². The van der Waals surface area contributed by atoms with Crippen molar-refractivity contribution in [1.29, 1.82) is 0 Å². The second-order valence-electron chi connectivity index (χ2n) is 3.85. The van der Waals surface area contributed by atoms with Crippen LogP contribution in [0.2, 0.25) is 0 Å². The average Bonchev–Trinajstić information content (AvgIpc) is 2.43. The number of halogens is 3. The Labute approximate surface area is 117 Å². The molecular weight excluding hydrogens is 317 g/mol. The van der Waals surface area contributed by atoms with Crippen LogP contribution in [0.15, 0.2) is 29.2 Å². The van der Waals surface area contributed by atoms with Crippen LogP contribution in [0.3, 0.4) is 0 Å². The van der Waals surface area contributed by atoms with Gasteiger partial charge in [0.1, 0.15) is 6.04 Å². The van der Waals surface area contributed by atoms with Gasteiger partial charge in [0.25, 0.3) is 5.91 Å². The van der Waals surface area contributed by atoms with Crippen LogP contribution in [0.25, 0.3) is 0 Å². The molecule has 0 aliphatic heterocycles. The van der Waals surface area contributed by atoms with Gasteiger partial charge in [0.15, 0.2) is 0 Å². The summed E-state index contributed by atoms with van der Waals surface area (Å²) in [5.41, 5.74) is 0.110. The Morgan fingerprint density at radius 2 is 1.76 bits per heavy atom. The number of hydrogen-bond acceptors (Lipinski definition) is 5. The number of benzene rings is 1. The highest BCUT2D eigenvalue weighted by atomic mass is 32.2. The molecule has 1 aromatic rings. The van der Waals surface area contributed by atoms with Crippen molar-refractivity contribution in [2.75, 3.05) is 6.61 Å². The predicted molar refractivity (Wildman–Crippen MR) is 62.6 cm³/mol. The second-order valence-corrected chi connectivity index (χ2v) is 5.57. The maximum atomic E-state index is 12.4. The molecule has 1 rings (SSSR count). The number of amides is 1. The smallest absolute Gasteiger partial charge is 0.394 e. The van der Waals surface area contributed by atoms with Gasteiger partial charge >= 0.3 is 6.18 Å². The van der Waals surface area contributed by atoms with Crippen molar-refractivity contribution >= 4 is 15.9 Å². The number of aliphatic hydroxyl groups excluding tert-OH is 1. The summed E-state index contributed by atoms with van der Waals surface area (Å²) in [4.78, 5) is 10.5. The molecule has 1 atom stereocenters. The van der Waals surface area contributed by atoms with Crippen molar-refractivity contribution in [1.82, 2.24) is 10.2 Å². The lowest BCUT2D eigenvalue weighted by Crippen LogP contribution is -2.47. The molecular formula is C10H11F3N2O5S. The number of aliphatic hydroxyl groups is 1. The van der Waals surface area contributed by atoms with E-state index in [2.05, 4.69) is 0 Å². The first-order chi connectivity index (χ1) is 9.61. The highest BCUT2D eigenvalue weighted by Gasteiger charge is 2.31. The Kier molecular flexibility index (Phi) is 5.28. The predicted octanol–water partition coefficient (Wildman–Crippen LogP) is -0.150. The Balaban J connectivity index is 3.00. The van der Waals surface area contributed by atoms with Gasteiger partial charge in [0, 0.05) is 0 Å². The maximum absolute atomic E-state index is 12.4. The van der Waals surface area contributed by atoms with E-state index in [1.165, 1.54) is 0 Å². The summed E-state index contributed by atoms with van der Waals surface area (Å²) in [7, 11) is -4.34. The number of hydrogen-bond donors (Lipinski definition) is 4. The van der Waals surface area contributed by atoms with E-state index < -0.39 is 45.2 Å². The zero-order valence-electron chi connectivity index (χ0n) is 10.3. The molecule has 4 N–H and O–H groups in total. The summed E-state index contributed by atoms with van der Waals surface area (Å²) in [5.74, 6) is -1.21. The molecule has 0 aromatic heterocycles. The van der Waals surface area contributed by atoms with Gasteiger partial charge in [-0.2, -0.15) is 17.9 Å². The fraction of sp³-hybridized carbons (Fsp3) is 0.300. The molecule has 0 fully saturated rings. The van der Waals surface area contributed by atoms with Crippen molar-refractivity contribution in [2.24, 2.45) is 0 Å². The lowest BCUT2D eigenvalue weighted by Gasteiger charge is -2.14. The molecule has 21 heavy (non-hydrogen) atoms. The molecule has 0 spiro atoms. The van der Waals surface area contributed by atoms with Gasteiger partial charge in [-0.15, -0.1) is 0 Å². The zero-order chi connectivity index (χ0) is 16.3. The molecule has 0 radical (unpaired) electrons. The van der Waals surface area contributed by atoms with Gasteiger partial charge < -0.3 is 5.11 Å². The Morgan fingerprint density at radius 1 is 1.24 bits per heavy atom. The van der Waals surface area contributed by atoms with E-state index in [9.17, 15) is 26.4 Å². The number of alkyl halides is 3. The van der Waals surface area contributed by atoms with E-state index in [0.29, 0.717) is 24.3 Å². The largest absolute Gasteiger partial charge is 0.416 e. The number of rotatable bonds is 5. The lowest BCUT2D eigenvalue weighted by molar-refractivity contribution is -0.137. The fourth-order valence-corrected chi connectivity index (χ4v) is 2.52. The maximum Gasteiger partial charge on any atom is 0.416 e. The van der Waals surface area contributed by atoms with Crippen molar-refractivity contribution < 1.29 is 36.7 Å². The molecule has 118 valence electrons. The zero-order valence-corrected chi connectivity index (χ0v) is 11.1. The van der Waals surface area contributed by atoms with Crippen LogP contribution in [-0.2, 0) is 21.0 Å². The Morgan fingerprint density at radius 3 is 2.14 bits per heavy atom. The average molecular weight is 328 g/mol. The molecule has 7 nitrogen and oxygen atoms in total. The van der Waals surface area contributed by atoms with Crippen molar-refractivity contribution in [3.63, 3.8) is 0 Å². The minimum absolute atomic E-state index is 0.528. The van der Waals surface area contributed by atoms with Gasteiger partial charge in [0.05, 0.1) is 17.1 Å². The van der Waals surface area contributed by atoms with Crippen molar-refractivity contribution in [3.8, 4) is 0 Å². The molecule has 0 bridgehead atoms. The molecule has 11 heteroatoms. The molecule has 1 amide bonds. The molecule has 0 heterocycles. The van der Waals surface area contributed by atoms with Gasteiger partial charge in [0.2, 0.25) is 10.0 Å². The topological polar surface area (TPSA) is 116 Å². The normalized spacial score (nSPS) is 13.8. The molecule has 0 saturated heterocycles. The third-order valence-electron chi connectivity index (χ3n) is 2.40. The number of carbonyl (C=O) groups is 1. The van der Waals surface area contributed by atoms with Crippen molar-refractivity contribution in [2.45, 2.75) is 17.1 Å². The van der Waals surface area contributed by atoms with Crippen LogP contribution >= 0.6 is 0 Å². The number of nitrogens with one attached hydrogen (secondary N) is 2. The minimum Gasteiger partial charge on any atom is -0.394 e. The van der Waals surface area contributed by atoms with Gasteiger partial charge in [-0.05, 0) is 24.3 Å². The molecule has 0 aliphatic rings. The number of hydroxylamine groups is 1. The first kappa shape index (κ1) is 17.4. The first-order valence-electron chi connectivity index (χ1n) is 5.36. The summed E-state index contributed by atoms with van der Waals surface area (Å²) < 4.78 is 62.4.